The molecule has 0 radical (unpaired) electrons. The van der Waals surface area contributed by atoms with Crippen molar-refractivity contribution >= 4 is 5.69 Å². The van der Waals surface area contributed by atoms with E-state index in [0.717, 1.165) is 17.9 Å². The third-order valence-electron chi connectivity index (χ3n) is 3.92. The first-order chi connectivity index (χ1) is 10.3. The average molecular weight is 277 g/mol. The van der Waals surface area contributed by atoms with E-state index < -0.39 is 0 Å². The van der Waals surface area contributed by atoms with Crippen molar-refractivity contribution in [2.24, 2.45) is 0 Å². The van der Waals surface area contributed by atoms with Crippen molar-refractivity contribution in [1.82, 2.24) is 10.1 Å². The van der Waals surface area contributed by atoms with Gasteiger partial charge in [0.2, 0.25) is 11.7 Å². The summed E-state index contributed by atoms with van der Waals surface area (Å²) in [6, 6.07) is 18.0. The summed E-state index contributed by atoms with van der Waals surface area (Å²) in [7, 11) is 0. The highest BCUT2D eigenvalue weighted by Gasteiger charge is 2.43. The smallest absolute Gasteiger partial charge is 0.230 e. The first-order valence-electron chi connectivity index (χ1n) is 7.06. The minimum Gasteiger partial charge on any atom is -0.399 e. The second kappa shape index (κ2) is 4.74. The van der Waals surface area contributed by atoms with Crippen LogP contribution in [0.3, 0.4) is 0 Å². The maximum absolute atomic E-state index is 5.79. The van der Waals surface area contributed by atoms with Crippen molar-refractivity contribution in [2.75, 3.05) is 5.73 Å². The van der Waals surface area contributed by atoms with Gasteiger partial charge in [0.1, 0.15) is 0 Å². The SMILES string of the molecule is Nc1cccc(-c2noc(C3CC3c3ccccc3)n2)c1. The lowest BCUT2D eigenvalue weighted by molar-refractivity contribution is 0.378. The molecule has 0 saturated heterocycles. The van der Waals surface area contributed by atoms with Gasteiger partial charge in [-0.15, -0.1) is 0 Å². The molecule has 104 valence electrons. The van der Waals surface area contributed by atoms with Crippen LogP contribution in [-0.4, -0.2) is 10.1 Å². The Morgan fingerprint density at radius 3 is 2.67 bits per heavy atom. The molecule has 0 spiro atoms. The van der Waals surface area contributed by atoms with Crippen LogP contribution in [0.2, 0.25) is 0 Å². The van der Waals surface area contributed by atoms with Gasteiger partial charge in [-0.1, -0.05) is 47.6 Å². The molecule has 0 amide bonds. The van der Waals surface area contributed by atoms with Crippen molar-refractivity contribution in [1.29, 1.82) is 0 Å². The van der Waals surface area contributed by atoms with Gasteiger partial charge < -0.3 is 10.3 Å². The third kappa shape index (κ3) is 2.29. The van der Waals surface area contributed by atoms with Gasteiger partial charge in [-0.05, 0) is 30.0 Å². The molecule has 2 N–H and O–H groups in total. The van der Waals surface area contributed by atoms with E-state index in [1.165, 1.54) is 5.56 Å². The van der Waals surface area contributed by atoms with Gasteiger partial charge in [-0.3, -0.25) is 0 Å². The molecule has 4 heteroatoms. The van der Waals surface area contributed by atoms with Crippen LogP contribution in [0.15, 0.2) is 59.1 Å². The fourth-order valence-electron chi connectivity index (χ4n) is 2.72. The van der Waals surface area contributed by atoms with Gasteiger partial charge in [-0.2, -0.15) is 4.98 Å². The van der Waals surface area contributed by atoms with Crippen LogP contribution in [-0.2, 0) is 0 Å². The van der Waals surface area contributed by atoms with Crippen LogP contribution in [0.25, 0.3) is 11.4 Å². The van der Waals surface area contributed by atoms with Crippen LogP contribution >= 0.6 is 0 Å². The minimum absolute atomic E-state index is 0.342. The number of aromatic nitrogens is 2. The summed E-state index contributed by atoms with van der Waals surface area (Å²) in [4.78, 5) is 4.53. The van der Waals surface area contributed by atoms with Gasteiger partial charge in [0.25, 0.3) is 0 Å². The van der Waals surface area contributed by atoms with Crippen LogP contribution < -0.4 is 5.73 Å². The maximum Gasteiger partial charge on any atom is 0.230 e. The van der Waals surface area contributed by atoms with E-state index in [2.05, 4.69) is 34.4 Å². The largest absolute Gasteiger partial charge is 0.399 e. The van der Waals surface area contributed by atoms with Gasteiger partial charge in [0.05, 0.1) is 0 Å². The van der Waals surface area contributed by atoms with Crippen molar-refractivity contribution in [3.05, 3.63) is 66.1 Å². The zero-order chi connectivity index (χ0) is 14.2. The molecule has 2 aromatic carbocycles. The molecule has 1 aliphatic carbocycles. The molecule has 4 nitrogen and oxygen atoms in total. The Balaban J connectivity index is 1.57. The van der Waals surface area contributed by atoms with Gasteiger partial charge in [-0.25, -0.2) is 0 Å². The van der Waals surface area contributed by atoms with Crippen molar-refractivity contribution in [2.45, 2.75) is 18.3 Å². The Morgan fingerprint density at radius 2 is 1.86 bits per heavy atom. The number of nitrogens with two attached hydrogens (primary N) is 1. The van der Waals surface area contributed by atoms with E-state index >= 15 is 0 Å². The first-order valence-corrected chi connectivity index (χ1v) is 7.06. The topological polar surface area (TPSA) is 64.9 Å². The van der Waals surface area contributed by atoms with Gasteiger partial charge in [0, 0.05) is 17.2 Å². The maximum atomic E-state index is 5.79. The molecule has 4 rings (SSSR count). The molecule has 2 atom stereocenters. The third-order valence-corrected chi connectivity index (χ3v) is 3.92. The van der Waals surface area contributed by atoms with Gasteiger partial charge in [0.15, 0.2) is 0 Å². The lowest BCUT2D eigenvalue weighted by Gasteiger charge is -1.96. The number of benzene rings is 2. The van der Waals surface area contributed by atoms with E-state index in [9.17, 15) is 0 Å². The normalized spacial score (nSPS) is 20.4. The summed E-state index contributed by atoms with van der Waals surface area (Å²) in [5, 5.41) is 4.08. The van der Waals surface area contributed by atoms with Crippen LogP contribution in [0.1, 0.15) is 29.7 Å². The second-order valence-corrected chi connectivity index (χ2v) is 5.44. The summed E-state index contributed by atoms with van der Waals surface area (Å²) in [5.41, 5.74) is 8.72. The quantitative estimate of drug-likeness (QED) is 0.743. The Hall–Kier alpha value is -2.62. The number of hydrogen-bond acceptors (Lipinski definition) is 4. The Morgan fingerprint density at radius 1 is 1.00 bits per heavy atom. The first kappa shape index (κ1) is 12.1. The number of anilines is 1. The van der Waals surface area contributed by atoms with E-state index in [0.29, 0.717) is 23.3 Å². The Labute approximate surface area is 122 Å². The van der Waals surface area contributed by atoms with Crippen molar-refractivity contribution in [3.8, 4) is 11.4 Å². The molecule has 21 heavy (non-hydrogen) atoms. The Kier molecular flexibility index (Phi) is 2.74. The highest BCUT2D eigenvalue weighted by atomic mass is 16.5. The Bertz CT molecular complexity index is 766. The highest BCUT2D eigenvalue weighted by Crippen LogP contribution is 2.54. The monoisotopic (exact) mass is 277 g/mol. The number of hydrogen-bond donors (Lipinski definition) is 1. The van der Waals surface area contributed by atoms with E-state index in [4.69, 9.17) is 10.3 Å². The molecule has 2 unspecified atom stereocenters. The van der Waals surface area contributed by atoms with Gasteiger partial charge >= 0.3 is 0 Å². The fourth-order valence-corrected chi connectivity index (χ4v) is 2.72. The molecular formula is C17H15N3O. The number of nitrogens with zero attached hydrogens (tertiary/aromatic N) is 2. The molecule has 1 aliphatic rings. The lowest BCUT2D eigenvalue weighted by Crippen LogP contribution is -1.87. The zero-order valence-electron chi connectivity index (χ0n) is 11.4. The molecule has 1 saturated carbocycles. The lowest BCUT2D eigenvalue weighted by atomic mass is 10.1. The second-order valence-electron chi connectivity index (χ2n) is 5.44. The average Bonchev–Trinajstić information content (AvgIpc) is 3.17. The van der Waals surface area contributed by atoms with E-state index in [1.54, 1.807) is 0 Å². The molecule has 0 aliphatic heterocycles. The zero-order valence-corrected chi connectivity index (χ0v) is 11.4. The van der Waals surface area contributed by atoms with E-state index in [-0.39, 0.29) is 0 Å². The summed E-state index contributed by atoms with van der Waals surface area (Å²) >= 11 is 0. The number of rotatable bonds is 3. The summed E-state index contributed by atoms with van der Waals surface area (Å²) in [6.07, 6.45) is 1.07. The standard InChI is InChI=1S/C17H15N3O/c18-13-8-4-7-12(9-13)16-19-17(21-20-16)15-10-14(15)11-5-2-1-3-6-11/h1-9,14-15H,10,18H2. The predicted octanol–water partition coefficient (Wildman–Crippen LogP) is 3.59. The highest BCUT2D eigenvalue weighted by molar-refractivity contribution is 5.60. The molecule has 1 aromatic heterocycles. The van der Waals surface area contributed by atoms with Crippen LogP contribution in [0.4, 0.5) is 5.69 Å². The van der Waals surface area contributed by atoms with E-state index in [1.807, 2.05) is 30.3 Å². The van der Waals surface area contributed by atoms with Crippen molar-refractivity contribution in [3.63, 3.8) is 0 Å². The summed E-state index contributed by atoms with van der Waals surface area (Å²) in [5.74, 6) is 2.17. The molecule has 1 heterocycles. The molecular weight excluding hydrogens is 262 g/mol. The van der Waals surface area contributed by atoms with Crippen LogP contribution in [0, 0.1) is 0 Å². The fraction of sp³-hybridized carbons (Fsp3) is 0.176. The molecule has 1 fully saturated rings. The molecule has 0 bridgehead atoms. The minimum atomic E-state index is 0.342. The summed E-state index contributed by atoms with van der Waals surface area (Å²) < 4.78 is 5.43. The van der Waals surface area contributed by atoms with Crippen molar-refractivity contribution < 1.29 is 4.52 Å². The molecule has 3 aromatic rings. The number of nitrogen functional groups attached to an aromatic ring is 1. The van der Waals surface area contributed by atoms with Crippen LogP contribution in [0.5, 0.6) is 0 Å². The predicted molar refractivity (Wildman–Crippen MR) is 80.7 cm³/mol. The summed E-state index contributed by atoms with van der Waals surface area (Å²) in [6.45, 7) is 0.